The van der Waals surface area contributed by atoms with Crippen molar-refractivity contribution in [2.45, 2.75) is 0 Å². The zero-order valence-electron chi connectivity index (χ0n) is 11.8. The summed E-state index contributed by atoms with van der Waals surface area (Å²) in [6, 6.07) is 14.3. The van der Waals surface area contributed by atoms with Gasteiger partial charge in [0.1, 0.15) is 0 Å². The first-order chi connectivity index (χ1) is 10.9. The minimum Gasteiger partial charge on any atom is -0.361 e. The summed E-state index contributed by atoms with van der Waals surface area (Å²) in [5, 5.41) is 4.55. The highest BCUT2D eigenvalue weighted by Crippen LogP contribution is 2.29. The molecule has 4 aromatic rings. The van der Waals surface area contributed by atoms with Crippen LogP contribution < -0.4 is 5.32 Å². The molecule has 0 saturated carbocycles. The summed E-state index contributed by atoms with van der Waals surface area (Å²) >= 11 is 0. The summed E-state index contributed by atoms with van der Waals surface area (Å²) in [4.78, 5) is 11.6. The maximum absolute atomic E-state index is 4.36. The van der Waals surface area contributed by atoms with Crippen LogP contribution in [0.1, 0.15) is 0 Å². The van der Waals surface area contributed by atoms with Gasteiger partial charge in [0, 0.05) is 46.9 Å². The van der Waals surface area contributed by atoms with Crippen molar-refractivity contribution in [3.05, 3.63) is 73.4 Å². The molecule has 1 aromatic carbocycles. The van der Waals surface area contributed by atoms with Crippen molar-refractivity contribution < 1.29 is 0 Å². The van der Waals surface area contributed by atoms with E-state index in [2.05, 4.69) is 50.6 Å². The number of hydrogen-bond acceptors (Lipinski definition) is 3. The zero-order chi connectivity index (χ0) is 14.8. The topological polar surface area (TPSA) is 53.6 Å². The number of fused-ring (bicyclic) bond motifs is 1. The van der Waals surface area contributed by atoms with E-state index in [9.17, 15) is 0 Å². The van der Waals surface area contributed by atoms with Crippen LogP contribution in [-0.2, 0) is 0 Å². The summed E-state index contributed by atoms with van der Waals surface area (Å²) in [7, 11) is 0. The molecule has 0 spiro atoms. The zero-order valence-corrected chi connectivity index (χ0v) is 11.8. The number of nitrogens with one attached hydrogen (secondary N) is 2. The number of benzene rings is 1. The van der Waals surface area contributed by atoms with E-state index in [1.54, 1.807) is 12.4 Å². The normalized spacial score (nSPS) is 10.7. The van der Waals surface area contributed by atoms with E-state index in [1.807, 2.05) is 30.7 Å². The molecule has 4 heteroatoms. The molecule has 4 nitrogen and oxygen atoms in total. The van der Waals surface area contributed by atoms with Crippen LogP contribution in [0.15, 0.2) is 73.4 Å². The van der Waals surface area contributed by atoms with E-state index >= 15 is 0 Å². The Kier molecular flexibility index (Phi) is 3.05. The molecule has 0 aliphatic carbocycles. The smallest absolute Gasteiger partial charge is 0.0576 e. The highest BCUT2D eigenvalue weighted by Gasteiger charge is 2.05. The summed E-state index contributed by atoms with van der Waals surface area (Å²) < 4.78 is 0. The second kappa shape index (κ2) is 5.33. The minimum absolute atomic E-state index is 0.955. The lowest BCUT2D eigenvalue weighted by atomic mass is 10.0. The highest BCUT2D eigenvalue weighted by atomic mass is 14.9. The fraction of sp³-hybridized carbons (Fsp3) is 0. The molecule has 22 heavy (non-hydrogen) atoms. The van der Waals surface area contributed by atoms with Gasteiger partial charge < -0.3 is 10.3 Å². The van der Waals surface area contributed by atoms with Crippen LogP contribution in [-0.4, -0.2) is 15.0 Å². The predicted octanol–water partition coefficient (Wildman–Crippen LogP) is 4.37. The van der Waals surface area contributed by atoms with Gasteiger partial charge in [-0.2, -0.15) is 0 Å². The maximum Gasteiger partial charge on any atom is 0.0576 e. The Morgan fingerprint density at radius 2 is 1.77 bits per heavy atom. The van der Waals surface area contributed by atoms with Gasteiger partial charge in [0.25, 0.3) is 0 Å². The van der Waals surface area contributed by atoms with Crippen LogP contribution in [0.25, 0.3) is 22.0 Å². The van der Waals surface area contributed by atoms with Gasteiger partial charge in [0.15, 0.2) is 0 Å². The number of aromatic nitrogens is 3. The lowest BCUT2D eigenvalue weighted by Crippen LogP contribution is -1.92. The number of nitrogens with zero attached hydrogens (tertiary/aromatic N) is 2. The van der Waals surface area contributed by atoms with Gasteiger partial charge in [0.2, 0.25) is 0 Å². The molecule has 2 N–H and O–H groups in total. The minimum atomic E-state index is 0.955. The Hall–Kier alpha value is -3.14. The van der Waals surface area contributed by atoms with E-state index in [4.69, 9.17) is 0 Å². The van der Waals surface area contributed by atoms with E-state index < -0.39 is 0 Å². The Bertz CT molecular complexity index is 912. The third-order valence-corrected chi connectivity index (χ3v) is 3.61. The molecule has 0 aliphatic heterocycles. The standard InChI is InChI=1S/C18H14N4/c1-2-16(17-6-9-21-18(17)3-1)13-10-15(12-20-11-13)22-14-4-7-19-8-5-14/h1-12,21H,(H,19,22). The summed E-state index contributed by atoms with van der Waals surface area (Å²) in [6.07, 6.45) is 9.20. The van der Waals surface area contributed by atoms with Gasteiger partial charge in [-0.15, -0.1) is 0 Å². The van der Waals surface area contributed by atoms with Gasteiger partial charge >= 0.3 is 0 Å². The number of rotatable bonds is 3. The third kappa shape index (κ3) is 2.31. The Labute approximate surface area is 127 Å². The third-order valence-electron chi connectivity index (χ3n) is 3.61. The molecule has 0 radical (unpaired) electrons. The number of pyridine rings is 2. The fourth-order valence-corrected chi connectivity index (χ4v) is 2.59. The number of aromatic amines is 1. The lowest BCUT2D eigenvalue weighted by Gasteiger charge is -2.08. The number of H-pyrrole nitrogens is 1. The molecule has 0 aliphatic rings. The Morgan fingerprint density at radius 3 is 2.68 bits per heavy atom. The molecular weight excluding hydrogens is 272 g/mol. The largest absolute Gasteiger partial charge is 0.361 e. The maximum atomic E-state index is 4.36. The molecule has 0 fully saturated rings. The van der Waals surface area contributed by atoms with Gasteiger partial charge in [-0.05, 0) is 35.9 Å². The highest BCUT2D eigenvalue weighted by molar-refractivity contribution is 5.95. The van der Waals surface area contributed by atoms with Crippen molar-refractivity contribution in [2.75, 3.05) is 5.32 Å². The van der Waals surface area contributed by atoms with E-state index in [1.165, 1.54) is 10.9 Å². The lowest BCUT2D eigenvalue weighted by molar-refractivity contribution is 1.30. The van der Waals surface area contributed by atoms with Crippen molar-refractivity contribution in [1.29, 1.82) is 0 Å². The second-order valence-corrected chi connectivity index (χ2v) is 5.07. The SMILES string of the molecule is c1cc(-c2cncc(Nc3ccncc3)c2)c2cc[nH]c2c1. The van der Waals surface area contributed by atoms with Crippen LogP contribution in [0.2, 0.25) is 0 Å². The molecule has 0 atom stereocenters. The molecule has 3 aromatic heterocycles. The van der Waals surface area contributed by atoms with Crippen LogP contribution >= 0.6 is 0 Å². The molecule has 0 unspecified atom stereocenters. The summed E-state index contributed by atoms with van der Waals surface area (Å²) in [5.41, 5.74) is 5.34. The summed E-state index contributed by atoms with van der Waals surface area (Å²) in [5.74, 6) is 0. The molecule has 4 rings (SSSR count). The van der Waals surface area contributed by atoms with Crippen molar-refractivity contribution in [2.24, 2.45) is 0 Å². The van der Waals surface area contributed by atoms with E-state index in [-0.39, 0.29) is 0 Å². The van der Waals surface area contributed by atoms with E-state index in [0.717, 1.165) is 22.5 Å². The monoisotopic (exact) mass is 286 g/mol. The molecule has 3 heterocycles. The molecular formula is C18H14N4. The van der Waals surface area contributed by atoms with Crippen molar-refractivity contribution in [1.82, 2.24) is 15.0 Å². The van der Waals surface area contributed by atoms with Crippen LogP contribution in [0, 0.1) is 0 Å². The van der Waals surface area contributed by atoms with Crippen molar-refractivity contribution in [3.8, 4) is 11.1 Å². The number of anilines is 2. The molecule has 0 saturated heterocycles. The number of hydrogen-bond donors (Lipinski definition) is 2. The Morgan fingerprint density at radius 1 is 0.864 bits per heavy atom. The average Bonchev–Trinajstić information content (AvgIpc) is 3.04. The van der Waals surface area contributed by atoms with Gasteiger partial charge in [-0.3, -0.25) is 9.97 Å². The van der Waals surface area contributed by atoms with Crippen molar-refractivity contribution in [3.63, 3.8) is 0 Å². The van der Waals surface area contributed by atoms with Crippen molar-refractivity contribution >= 4 is 22.3 Å². The quantitative estimate of drug-likeness (QED) is 0.588. The first-order valence-corrected chi connectivity index (χ1v) is 7.09. The van der Waals surface area contributed by atoms with Crippen LogP contribution in [0.5, 0.6) is 0 Å². The Balaban J connectivity index is 1.74. The van der Waals surface area contributed by atoms with Crippen LogP contribution in [0.4, 0.5) is 11.4 Å². The first kappa shape index (κ1) is 12.6. The fourth-order valence-electron chi connectivity index (χ4n) is 2.59. The summed E-state index contributed by atoms with van der Waals surface area (Å²) in [6.45, 7) is 0. The second-order valence-electron chi connectivity index (χ2n) is 5.07. The predicted molar refractivity (Wildman–Crippen MR) is 89.0 cm³/mol. The van der Waals surface area contributed by atoms with Gasteiger partial charge in [0.05, 0.1) is 11.9 Å². The van der Waals surface area contributed by atoms with Gasteiger partial charge in [-0.25, -0.2) is 0 Å². The molecule has 0 amide bonds. The van der Waals surface area contributed by atoms with Crippen LogP contribution in [0.3, 0.4) is 0 Å². The molecule has 0 bridgehead atoms. The molecule has 106 valence electrons. The van der Waals surface area contributed by atoms with Gasteiger partial charge in [-0.1, -0.05) is 12.1 Å². The average molecular weight is 286 g/mol. The van der Waals surface area contributed by atoms with E-state index in [0.29, 0.717) is 0 Å². The first-order valence-electron chi connectivity index (χ1n) is 7.09.